The van der Waals surface area contributed by atoms with Crippen LogP contribution in [0.25, 0.3) is 0 Å². The first kappa shape index (κ1) is 18.4. The molecule has 0 aliphatic rings. The first-order chi connectivity index (χ1) is 11.0. The molecule has 1 aromatic heterocycles. The van der Waals surface area contributed by atoms with E-state index in [-0.39, 0.29) is 33.2 Å². The molecule has 0 aliphatic carbocycles. The standard InChI is InChI=1S/C16H20N2O4S2/c1-5-24(21,22)10-6-7-13(19)11(8-10)17-14(20)12-9-23-15(18-12)16(2,3)4/h6-9,19H,5H2,1-4H3,(H,17,20). The largest absolute Gasteiger partial charge is 0.506 e. The van der Waals surface area contributed by atoms with E-state index in [2.05, 4.69) is 10.3 Å². The predicted octanol–water partition coefficient (Wildman–Crippen LogP) is 3.19. The zero-order chi connectivity index (χ0) is 18.1. The van der Waals surface area contributed by atoms with Gasteiger partial charge in [-0.3, -0.25) is 4.79 Å². The van der Waals surface area contributed by atoms with Crippen molar-refractivity contribution in [2.75, 3.05) is 11.1 Å². The zero-order valence-electron chi connectivity index (χ0n) is 14.0. The average molecular weight is 368 g/mol. The summed E-state index contributed by atoms with van der Waals surface area (Å²) in [5.74, 6) is -0.764. The van der Waals surface area contributed by atoms with Gasteiger partial charge in [-0.05, 0) is 18.2 Å². The molecule has 0 spiro atoms. The molecular weight excluding hydrogens is 348 g/mol. The third-order valence-corrected chi connectivity index (χ3v) is 6.33. The Hall–Kier alpha value is -1.93. The minimum atomic E-state index is -3.43. The van der Waals surface area contributed by atoms with E-state index in [9.17, 15) is 18.3 Å². The summed E-state index contributed by atoms with van der Waals surface area (Å²) >= 11 is 1.38. The summed E-state index contributed by atoms with van der Waals surface area (Å²) in [4.78, 5) is 16.7. The highest BCUT2D eigenvalue weighted by Crippen LogP contribution is 2.29. The molecule has 1 amide bonds. The number of hydrogen-bond donors (Lipinski definition) is 2. The van der Waals surface area contributed by atoms with E-state index in [1.807, 2.05) is 20.8 Å². The van der Waals surface area contributed by atoms with Crippen LogP contribution in [-0.4, -0.2) is 30.2 Å². The molecule has 2 N–H and O–H groups in total. The number of carbonyl (C=O) groups is 1. The van der Waals surface area contributed by atoms with Gasteiger partial charge >= 0.3 is 0 Å². The summed E-state index contributed by atoms with van der Waals surface area (Å²) in [6.07, 6.45) is 0. The number of hydrogen-bond acceptors (Lipinski definition) is 6. The van der Waals surface area contributed by atoms with E-state index in [1.54, 1.807) is 5.38 Å². The molecule has 8 heteroatoms. The lowest BCUT2D eigenvalue weighted by atomic mass is 9.98. The van der Waals surface area contributed by atoms with Gasteiger partial charge in [0.25, 0.3) is 5.91 Å². The van der Waals surface area contributed by atoms with Crippen LogP contribution in [0.5, 0.6) is 5.75 Å². The second kappa shape index (κ2) is 6.52. The predicted molar refractivity (Wildman–Crippen MR) is 94.6 cm³/mol. The summed E-state index contributed by atoms with van der Waals surface area (Å²) in [5.41, 5.74) is 0.105. The first-order valence-electron chi connectivity index (χ1n) is 7.37. The van der Waals surface area contributed by atoms with Crippen molar-refractivity contribution >= 4 is 32.8 Å². The van der Waals surface area contributed by atoms with Gasteiger partial charge in [-0.15, -0.1) is 11.3 Å². The maximum atomic E-state index is 12.3. The van der Waals surface area contributed by atoms with Crippen LogP contribution in [-0.2, 0) is 15.3 Å². The van der Waals surface area contributed by atoms with E-state index in [1.165, 1.54) is 36.5 Å². The fraction of sp³-hybridized carbons (Fsp3) is 0.375. The lowest BCUT2D eigenvalue weighted by Gasteiger charge is -2.13. The van der Waals surface area contributed by atoms with Gasteiger partial charge < -0.3 is 10.4 Å². The smallest absolute Gasteiger partial charge is 0.275 e. The fourth-order valence-corrected chi connectivity index (χ4v) is 3.68. The van der Waals surface area contributed by atoms with Crippen molar-refractivity contribution in [2.24, 2.45) is 0 Å². The fourth-order valence-electron chi connectivity index (χ4n) is 1.88. The summed E-state index contributed by atoms with van der Waals surface area (Å²) in [6.45, 7) is 7.53. The van der Waals surface area contributed by atoms with E-state index in [4.69, 9.17) is 0 Å². The summed E-state index contributed by atoms with van der Waals surface area (Å²) in [6, 6.07) is 3.81. The molecular formula is C16H20N2O4S2. The molecule has 0 radical (unpaired) electrons. The number of aromatic hydroxyl groups is 1. The number of anilines is 1. The van der Waals surface area contributed by atoms with Crippen LogP contribution in [0, 0.1) is 0 Å². The second-order valence-electron chi connectivity index (χ2n) is 6.32. The number of rotatable bonds is 4. The third kappa shape index (κ3) is 3.93. The van der Waals surface area contributed by atoms with Crippen molar-refractivity contribution in [3.05, 3.63) is 34.3 Å². The van der Waals surface area contributed by atoms with Crippen molar-refractivity contribution in [3.63, 3.8) is 0 Å². The zero-order valence-corrected chi connectivity index (χ0v) is 15.6. The molecule has 0 saturated carbocycles. The molecule has 1 heterocycles. The SMILES string of the molecule is CCS(=O)(=O)c1ccc(O)c(NC(=O)c2csc(C(C)(C)C)n2)c1. The summed E-state index contributed by atoms with van der Waals surface area (Å²) in [5, 5.41) is 14.9. The van der Waals surface area contributed by atoms with Crippen molar-refractivity contribution in [2.45, 2.75) is 38.0 Å². The molecule has 130 valence electrons. The Kier molecular flexibility index (Phi) is 5.00. The van der Waals surface area contributed by atoms with Crippen LogP contribution in [0.1, 0.15) is 43.2 Å². The van der Waals surface area contributed by atoms with Crippen LogP contribution in [0.3, 0.4) is 0 Å². The van der Waals surface area contributed by atoms with E-state index >= 15 is 0 Å². The molecule has 2 rings (SSSR count). The Morgan fingerprint density at radius 2 is 2.00 bits per heavy atom. The number of nitrogens with zero attached hydrogens (tertiary/aromatic N) is 1. The minimum Gasteiger partial charge on any atom is -0.506 e. The van der Waals surface area contributed by atoms with E-state index in [0.717, 1.165) is 5.01 Å². The van der Waals surface area contributed by atoms with Crippen LogP contribution in [0.15, 0.2) is 28.5 Å². The Labute approximate surface area is 145 Å². The molecule has 1 aromatic carbocycles. The minimum absolute atomic E-state index is 0.0415. The third-order valence-electron chi connectivity index (χ3n) is 3.33. The monoisotopic (exact) mass is 368 g/mol. The van der Waals surface area contributed by atoms with Gasteiger partial charge in [-0.25, -0.2) is 13.4 Å². The van der Waals surface area contributed by atoms with Gasteiger partial charge in [-0.2, -0.15) is 0 Å². The Morgan fingerprint density at radius 1 is 1.33 bits per heavy atom. The highest BCUT2D eigenvalue weighted by Gasteiger charge is 2.21. The number of aromatic nitrogens is 1. The molecule has 0 fully saturated rings. The number of benzene rings is 1. The highest BCUT2D eigenvalue weighted by atomic mass is 32.2. The van der Waals surface area contributed by atoms with Gasteiger partial charge in [0, 0.05) is 10.8 Å². The molecule has 0 bridgehead atoms. The average Bonchev–Trinajstić information content (AvgIpc) is 2.99. The summed E-state index contributed by atoms with van der Waals surface area (Å²) in [7, 11) is -3.43. The normalized spacial score (nSPS) is 12.2. The van der Waals surface area contributed by atoms with Gasteiger partial charge in [0.1, 0.15) is 11.4 Å². The second-order valence-corrected chi connectivity index (χ2v) is 9.46. The maximum Gasteiger partial charge on any atom is 0.275 e. The molecule has 0 atom stereocenters. The van der Waals surface area contributed by atoms with Crippen molar-refractivity contribution < 1.29 is 18.3 Å². The van der Waals surface area contributed by atoms with Gasteiger partial charge in [0.05, 0.1) is 21.3 Å². The molecule has 2 aromatic rings. The van der Waals surface area contributed by atoms with Gasteiger partial charge in [0.15, 0.2) is 9.84 Å². The number of thiazole rings is 1. The number of amides is 1. The van der Waals surface area contributed by atoms with Crippen molar-refractivity contribution in [1.82, 2.24) is 4.98 Å². The Balaban J connectivity index is 2.29. The number of sulfone groups is 1. The lowest BCUT2D eigenvalue weighted by molar-refractivity contribution is 0.102. The molecule has 24 heavy (non-hydrogen) atoms. The number of phenols is 1. The number of carbonyl (C=O) groups excluding carboxylic acids is 1. The van der Waals surface area contributed by atoms with Crippen molar-refractivity contribution in [1.29, 1.82) is 0 Å². The van der Waals surface area contributed by atoms with Crippen LogP contribution >= 0.6 is 11.3 Å². The van der Waals surface area contributed by atoms with Crippen LogP contribution in [0.2, 0.25) is 0 Å². The Bertz CT molecular complexity index is 864. The summed E-state index contributed by atoms with van der Waals surface area (Å²) < 4.78 is 23.9. The van der Waals surface area contributed by atoms with Crippen LogP contribution in [0.4, 0.5) is 5.69 Å². The molecule has 0 aliphatic heterocycles. The van der Waals surface area contributed by atoms with E-state index in [0.29, 0.717) is 0 Å². The topological polar surface area (TPSA) is 96.4 Å². The van der Waals surface area contributed by atoms with E-state index < -0.39 is 15.7 Å². The quantitative estimate of drug-likeness (QED) is 0.808. The molecule has 0 saturated heterocycles. The Morgan fingerprint density at radius 3 is 2.54 bits per heavy atom. The van der Waals surface area contributed by atoms with Gasteiger partial charge in [-0.1, -0.05) is 27.7 Å². The van der Waals surface area contributed by atoms with Gasteiger partial charge in [0.2, 0.25) is 0 Å². The maximum absolute atomic E-state index is 12.3. The first-order valence-corrected chi connectivity index (χ1v) is 9.91. The molecule has 0 unspecified atom stereocenters. The molecule has 6 nitrogen and oxygen atoms in total. The highest BCUT2D eigenvalue weighted by molar-refractivity contribution is 7.91. The lowest BCUT2D eigenvalue weighted by Crippen LogP contribution is -2.15. The van der Waals surface area contributed by atoms with Crippen LogP contribution < -0.4 is 5.32 Å². The number of phenolic OH excluding ortho intramolecular Hbond substituents is 1. The van der Waals surface area contributed by atoms with Crippen molar-refractivity contribution in [3.8, 4) is 5.75 Å². The number of nitrogens with one attached hydrogen (secondary N) is 1.